The summed E-state index contributed by atoms with van der Waals surface area (Å²) in [6, 6.07) is 0. The van der Waals surface area contributed by atoms with E-state index in [-0.39, 0.29) is 19.3 Å². The molecule has 0 fully saturated rings. The SMILES string of the molecule is CCCCC/C=C\C/C=C\CCCCCCCC(=O)OC(C(=O)CCCCCCCCCCCCCCC)(C(=O)CCCCCCCCCCCCCCC)C(O)CO. The van der Waals surface area contributed by atoms with E-state index in [0.717, 1.165) is 77.0 Å². The van der Waals surface area contributed by atoms with E-state index in [1.165, 1.54) is 141 Å². The second kappa shape index (κ2) is 44.3. The van der Waals surface area contributed by atoms with Crippen molar-refractivity contribution < 1.29 is 29.3 Å². The number of ether oxygens (including phenoxy) is 1. The van der Waals surface area contributed by atoms with E-state index in [0.29, 0.717) is 19.3 Å². The molecule has 0 rings (SSSR count). The summed E-state index contributed by atoms with van der Waals surface area (Å²) in [7, 11) is 0. The lowest BCUT2D eigenvalue weighted by Crippen LogP contribution is -2.60. The Hall–Kier alpha value is -1.79. The first-order chi connectivity index (χ1) is 28.9. The smallest absolute Gasteiger partial charge is 0.307 e. The Balaban J connectivity index is 4.94. The van der Waals surface area contributed by atoms with Crippen LogP contribution in [0.15, 0.2) is 24.3 Å². The topological polar surface area (TPSA) is 101 Å². The third-order valence-corrected chi connectivity index (χ3v) is 12.1. The summed E-state index contributed by atoms with van der Waals surface area (Å²) >= 11 is 0. The predicted octanol–water partition coefficient (Wildman–Crippen LogP) is 15.5. The molecule has 1 unspecified atom stereocenters. The molecule has 0 saturated carbocycles. The number of allylic oxidation sites excluding steroid dienone is 4. The fraction of sp³-hybridized carbons (Fsp3) is 0.868. The number of ketones is 2. The number of aliphatic hydroxyl groups excluding tert-OH is 2. The zero-order chi connectivity index (χ0) is 43.3. The first-order valence-electron chi connectivity index (χ1n) is 25.8. The zero-order valence-corrected chi connectivity index (χ0v) is 39.4. The minimum absolute atomic E-state index is 0.0517. The van der Waals surface area contributed by atoms with E-state index in [1.54, 1.807) is 0 Å². The van der Waals surface area contributed by atoms with Crippen molar-refractivity contribution in [3.8, 4) is 0 Å². The first-order valence-corrected chi connectivity index (χ1v) is 25.8. The van der Waals surface area contributed by atoms with Crippen LogP contribution in [-0.4, -0.2) is 46.1 Å². The third kappa shape index (κ3) is 33.5. The highest BCUT2D eigenvalue weighted by Crippen LogP contribution is 2.28. The van der Waals surface area contributed by atoms with Crippen LogP contribution in [0, 0.1) is 0 Å². The number of unbranched alkanes of at least 4 members (excludes halogenated alkanes) is 32. The van der Waals surface area contributed by atoms with Gasteiger partial charge in [-0.15, -0.1) is 0 Å². The van der Waals surface area contributed by atoms with Crippen LogP contribution < -0.4 is 0 Å². The molecule has 59 heavy (non-hydrogen) atoms. The minimum Gasteiger partial charge on any atom is -0.440 e. The van der Waals surface area contributed by atoms with Gasteiger partial charge in [0.05, 0.1) is 6.61 Å². The number of carbonyl (C=O) groups is 3. The molecule has 0 bridgehead atoms. The fourth-order valence-electron chi connectivity index (χ4n) is 8.13. The van der Waals surface area contributed by atoms with Crippen molar-refractivity contribution in [2.75, 3.05) is 6.61 Å². The Morgan fingerprint density at radius 1 is 0.424 bits per heavy atom. The number of carbonyl (C=O) groups excluding carboxylic acids is 3. The van der Waals surface area contributed by atoms with E-state index in [4.69, 9.17) is 4.74 Å². The lowest BCUT2D eigenvalue weighted by Gasteiger charge is -2.34. The van der Waals surface area contributed by atoms with Crippen molar-refractivity contribution in [3.05, 3.63) is 24.3 Å². The number of hydrogen-bond donors (Lipinski definition) is 2. The van der Waals surface area contributed by atoms with Crippen LogP contribution in [0.25, 0.3) is 0 Å². The standard InChI is InChI=1S/C53H98O6/c1-4-7-10-13-16-19-22-25-26-29-32-35-38-41-44-47-52(58)59-53(51(57)48-54,49(55)45-42-39-36-33-30-27-23-20-17-14-11-8-5-2)50(56)46-43-40-37-34-31-28-24-21-18-15-12-9-6-3/h16,19,25-26,51,54,57H,4-15,17-18,20-24,27-48H2,1-3H3/b19-16-,26-25-. The molecule has 0 aromatic heterocycles. The maximum atomic E-state index is 13.9. The molecule has 346 valence electrons. The third-order valence-electron chi connectivity index (χ3n) is 12.1. The number of Topliss-reactive ketones (excluding diaryl/α,β-unsaturated/α-hetero) is 2. The molecule has 2 N–H and O–H groups in total. The molecule has 0 aliphatic heterocycles. The summed E-state index contributed by atoms with van der Waals surface area (Å²) in [5, 5.41) is 21.2. The molecular formula is C53H98O6. The van der Waals surface area contributed by atoms with Crippen molar-refractivity contribution in [1.82, 2.24) is 0 Å². The quantitative estimate of drug-likeness (QED) is 0.0274. The molecule has 0 aromatic rings. The second-order valence-corrected chi connectivity index (χ2v) is 17.7. The van der Waals surface area contributed by atoms with E-state index >= 15 is 0 Å². The van der Waals surface area contributed by atoms with Gasteiger partial charge in [-0.3, -0.25) is 14.4 Å². The van der Waals surface area contributed by atoms with Crippen LogP contribution in [0.1, 0.15) is 278 Å². The Morgan fingerprint density at radius 2 is 0.712 bits per heavy atom. The summed E-state index contributed by atoms with van der Waals surface area (Å²) < 4.78 is 5.80. The Kier molecular flexibility index (Phi) is 42.9. The predicted molar refractivity (Wildman–Crippen MR) is 252 cm³/mol. The van der Waals surface area contributed by atoms with E-state index in [1.807, 2.05) is 0 Å². The van der Waals surface area contributed by atoms with Crippen LogP contribution in [0.2, 0.25) is 0 Å². The molecule has 0 spiro atoms. The van der Waals surface area contributed by atoms with Gasteiger partial charge in [-0.2, -0.15) is 0 Å². The van der Waals surface area contributed by atoms with E-state index in [9.17, 15) is 24.6 Å². The molecule has 0 aliphatic rings. The van der Waals surface area contributed by atoms with Gasteiger partial charge in [0, 0.05) is 19.3 Å². The van der Waals surface area contributed by atoms with Crippen LogP contribution in [0.5, 0.6) is 0 Å². The number of hydrogen-bond acceptors (Lipinski definition) is 6. The monoisotopic (exact) mass is 831 g/mol. The van der Waals surface area contributed by atoms with Crippen LogP contribution in [-0.2, 0) is 19.1 Å². The maximum absolute atomic E-state index is 13.9. The summed E-state index contributed by atoms with van der Waals surface area (Å²) in [6.07, 6.45) is 49.7. The zero-order valence-electron chi connectivity index (χ0n) is 39.4. The number of rotatable bonds is 47. The molecule has 0 aromatic carbocycles. The average Bonchev–Trinajstić information content (AvgIpc) is 3.24. The summed E-state index contributed by atoms with van der Waals surface area (Å²) in [5.74, 6) is -1.76. The van der Waals surface area contributed by atoms with Crippen molar-refractivity contribution in [1.29, 1.82) is 0 Å². The molecule has 0 radical (unpaired) electrons. The summed E-state index contributed by atoms with van der Waals surface area (Å²) in [4.78, 5) is 41.1. The van der Waals surface area contributed by atoms with Gasteiger partial charge in [-0.1, -0.05) is 231 Å². The molecule has 6 nitrogen and oxygen atoms in total. The van der Waals surface area contributed by atoms with Gasteiger partial charge in [0.15, 0.2) is 11.6 Å². The van der Waals surface area contributed by atoms with E-state index < -0.39 is 35.8 Å². The fourth-order valence-corrected chi connectivity index (χ4v) is 8.13. The molecule has 0 heterocycles. The molecule has 0 saturated heterocycles. The van der Waals surface area contributed by atoms with Gasteiger partial charge >= 0.3 is 5.97 Å². The minimum atomic E-state index is -2.32. The van der Waals surface area contributed by atoms with Gasteiger partial charge in [-0.05, 0) is 51.4 Å². The molecular weight excluding hydrogens is 733 g/mol. The van der Waals surface area contributed by atoms with Gasteiger partial charge in [0.2, 0.25) is 0 Å². The van der Waals surface area contributed by atoms with Crippen molar-refractivity contribution in [2.45, 2.75) is 289 Å². The van der Waals surface area contributed by atoms with Gasteiger partial charge < -0.3 is 14.9 Å². The molecule has 6 heteroatoms. The Morgan fingerprint density at radius 3 is 1.07 bits per heavy atom. The largest absolute Gasteiger partial charge is 0.440 e. The second-order valence-electron chi connectivity index (χ2n) is 17.7. The van der Waals surface area contributed by atoms with E-state index in [2.05, 4.69) is 45.1 Å². The van der Waals surface area contributed by atoms with Gasteiger partial charge in [0.25, 0.3) is 5.60 Å². The molecule has 1 atom stereocenters. The lowest BCUT2D eigenvalue weighted by atomic mass is 9.82. The van der Waals surface area contributed by atoms with Crippen molar-refractivity contribution in [3.63, 3.8) is 0 Å². The highest BCUT2D eigenvalue weighted by Gasteiger charge is 2.53. The number of aliphatic hydroxyl groups is 2. The lowest BCUT2D eigenvalue weighted by molar-refractivity contribution is -0.188. The molecule has 0 aliphatic carbocycles. The van der Waals surface area contributed by atoms with Crippen LogP contribution in [0.3, 0.4) is 0 Å². The van der Waals surface area contributed by atoms with Crippen LogP contribution in [0.4, 0.5) is 0 Å². The Labute approximate surface area is 366 Å². The molecule has 0 amide bonds. The number of esters is 1. The van der Waals surface area contributed by atoms with Gasteiger partial charge in [0.1, 0.15) is 6.10 Å². The van der Waals surface area contributed by atoms with Crippen LogP contribution >= 0.6 is 0 Å². The summed E-state index contributed by atoms with van der Waals surface area (Å²) in [6.45, 7) is 5.92. The maximum Gasteiger partial charge on any atom is 0.307 e. The van der Waals surface area contributed by atoms with Gasteiger partial charge in [-0.25, -0.2) is 0 Å². The van der Waals surface area contributed by atoms with Crippen molar-refractivity contribution >= 4 is 17.5 Å². The summed E-state index contributed by atoms with van der Waals surface area (Å²) in [5.41, 5.74) is -2.32. The average molecular weight is 831 g/mol. The normalized spacial score (nSPS) is 12.6. The Bertz CT molecular complexity index is 960. The highest BCUT2D eigenvalue weighted by atomic mass is 16.6. The first kappa shape index (κ1) is 57.2. The van der Waals surface area contributed by atoms with Crippen molar-refractivity contribution in [2.24, 2.45) is 0 Å². The highest BCUT2D eigenvalue weighted by molar-refractivity contribution is 6.12.